The third kappa shape index (κ3) is 3.21. The molecule has 0 saturated carbocycles. The molecule has 0 aliphatic carbocycles. The molecule has 3 nitrogen and oxygen atoms in total. The van der Waals surface area contributed by atoms with Crippen LogP contribution in [0.25, 0.3) is 0 Å². The lowest BCUT2D eigenvalue weighted by Gasteiger charge is -2.37. The zero-order valence-electron chi connectivity index (χ0n) is 11.7. The number of carbonyl (C=O) groups excluding carboxylic acids is 1. The van der Waals surface area contributed by atoms with Crippen molar-refractivity contribution in [1.29, 1.82) is 0 Å². The molecule has 1 N–H and O–H groups in total. The minimum absolute atomic E-state index is 0.155. The second kappa shape index (κ2) is 6.29. The van der Waals surface area contributed by atoms with Crippen molar-refractivity contribution >= 4 is 17.7 Å². The number of nitrogens with zero attached hydrogens (tertiary/aromatic N) is 1. The van der Waals surface area contributed by atoms with E-state index in [0.29, 0.717) is 5.91 Å². The average Bonchev–Trinajstić information content (AvgIpc) is 2.64. The fourth-order valence-corrected chi connectivity index (χ4v) is 3.87. The van der Waals surface area contributed by atoms with Crippen molar-refractivity contribution in [2.24, 2.45) is 5.41 Å². The lowest BCUT2D eigenvalue weighted by Crippen LogP contribution is -2.50. The Kier molecular flexibility index (Phi) is 4.96. The molecule has 2 heterocycles. The zero-order valence-corrected chi connectivity index (χ0v) is 12.5. The van der Waals surface area contributed by atoms with Gasteiger partial charge in [-0.2, -0.15) is 11.8 Å². The maximum atomic E-state index is 12.7. The second-order valence-electron chi connectivity index (χ2n) is 5.92. The molecular weight excluding hydrogens is 244 g/mol. The van der Waals surface area contributed by atoms with Crippen LogP contribution in [0.15, 0.2) is 0 Å². The van der Waals surface area contributed by atoms with Gasteiger partial charge in [-0.1, -0.05) is 0 Å². The molecule has 1 amide bonds. The monoisotopic (exact) mass is 270 g/mol. The number of rotatable bonds is 2. The lowest BCUT2D eigenvalue weighted by atomic mass is 9.81. The quantitative estimate of drug-likeness (QED) is 0.834. The third-order valence-electron chi connectivity index (χ3n) is 4.41. The van der Waals surface area contributed by atoms with Crippen molar-refractivity contribution in [1.82, 2.24) is 10.2 Å². The molecule has 0 aromatic carbocycles. The van der Waals surface area contributed by atoms with Gasteiger partial charge in [0.15, 0.2) is 0 Å². The lowest BCUT2D eigenvalue weighted by molar-refractivity contribution is -0.142. The second-order valence-corrected chi connectivity index (χ2v) is 7.06. The molecular formula is C14H26N2OS. The predicted octanol–water partition coefficient (Wildman–Crippen LogP) is 2.12. The van der Waals surface area contributed by atoms with Gasteiger partial charge in [-0.05, 0) is 51.8 Å². The van der Waals surface area contributed by atoms with Gasteiger partial charge >= 0.3 is 0 Å². The third-order valence-corrected chi connectivity index (χ3v) is 5.55. The van der Waals surface area contributed by atoms with Crippen molar-refractivity contribution < 1.29 is 4.79 Å². The molecule has 0 radical (unpaired) electrons. The molecule has 0 aromatic rings. The zero-order chi connectivity index (χ0) is 13.0. The number of hydrogen-bond donors (Lipinski definition) is 1. The van der Waals surface area contributed by atoms with Crippen molar-refractivity contribution in [3.05, 3.63) is 0 Å². The molecule has 0 aromatic heterocycles. The Morgan fingerprint density at radius 2 is 2.17 bits per heavy atom. The molecule has 2 rings (SSSR count). The van der Waals surface area contributed by atoms with E-state index in [1.54, 1.807) is 0 Å². The first-order valence-corrected chi connectivity index (χ1v) is 8.47. The van der Waals surface area contributed by atoms with Gasteiger partial charge in [0.1, 0.15) is 0 Å². The number of likely N-dealkylation sites (tertiary alicyclic amines) is 1. The van der Waals surface area contributed by atoms with Gasteiger partial charge in [0.2, 0.25) is 5.91 Å². The van der Waals surface area contributed by atoms with Crippen LogP contribution in [0, 0.1) is 5.41 Å². The van der Waals surface area contributed by atoms with Crippen LogP contribution < -0.4 is 5.32 Å². The largest absolute Gasteiger partial charge is 0.342 e. The number of thioether (sulfide) groups is 1. The summed E-state index contributed by atoms with van der Waals surface area (Å²) in [5.41, 5.74) is -0.155. The van der Waals surface area contributed by atoms with E-state index >= 15 is 0 Å². The SMILES string of the molecule is CSC1CCCN(C(=O)C2(C)CCCNC2)CC1. The van der Waals surface area contributed by atoms with Gasteiger partial charge in [0.25, 0.3) is 0 Å². The summed E-state index contributed by atoms with van der Waals surface area (Å²) in [4.78, 5) is 14.8. The summed E-state index contributed by atoms with van der Waals surface area (Å²) in [6.07, 6.45) is 7.95. The Morgan fingerprint density at radius 1 is 1.33 bits per heavy atom. The molecule has 0 spiro atoms. The van der Waals surface area contributed by atoms with Crippen LogP contribution in [0.2, 0.25) is 0 Å². The Hall–Kier alpha value is -0.220. The van der Waals surface area contributed by atoms with Gasteiger partial charge in [0.05, 0.1) is 5.41 Å². The summed E-state index contributed by atoms with van der Waals surface area (Å²) in [6, 6.07) is 0. The van der Waals surface area contributed by atoms with E-state index in [4.69, 9.17) is 0 Å². The first-order chi connectivity index (χ1) is 8.65. The number of nitrogens with one attached hydrogen (secondary N) is 1. The van der Waals surface area contributed by atoms with Gasteiger partial charge < -0.3 is 10.2 Å². The molecule has 2 fully saturated rings. The highest BCUT2D eigenvalue weighted by Gasteiger charge is 2.38. The summed E-state index contributed by atoms with van der Waals surface area (Å²) < 4.78 is 0. The molecule has 2 atom stereocenters. The van der Waals surface area contributed by atoms with E-state index in [1.807, 2.05) is 11.8 Å². The van der Waals surface area contributed by atoms with Crippen LogP contribution in [0.1, 0.15) is 39.0 Å². The van der Waals surface area contributed by atoms with Gasteiger partial charge in [-0.3, -0.25) is 4.79 Å². The van der Waals surface area contributed by atoms with Crippen LogP contribution in [-0.2, 0) is 4.79 Å². The predicted molar refractivity (Wildman–Crippen MR) is 77.9 cm³/mol. The Balaban J connectivity index is 1.95. The summed E-state index contributed by atoms with van der Waals surface area (Å²) in [5, 5.41) is 4.13. The van der Waals surface area contributed by atoms with Crippen LogP contribution in [0.3, 0.4) is 0 Å². The Labute approximate surface area is 115 Å². The number of amides is 1. The van der Waals surface area contributed by atoms with E-state index < -0.39 is 0 Å². The number of carbonyl (C=O) groups is 1. The fraction of sp³-hybridized carbons (Fsp3) is 0.929. The van der Waals surface area contributed by atoms with Gasteiger partial charge in [-0.25, -0.2) is 0 Å². The molecule has 2 aliphatic rings. The highest BCUT2D eigenvalue weighted by Crippen LogP contribution is 2.30. The number of piperidine rings is 1. The van der Waals surface area contributed by atoms with Gasteiger partial charge in [0, 0.05) is 24.9 Å². The highest BCUT2D eigenvalue weighted by atomic mass is 32.2. The maximum absolute atomic E-state index is 12.7. The maximum Gasteiger partial charge on any atom is 0.229 e. The molecule has 2 unspecified atom stereocenters. The molecule has 2 aliphatic heterocycles. The minimum atomic E-state index is -0.155. The summed E-state index contributed by atoms with van der Waals surface area (Å²) in [7, 11) is 0. The first kappa shape index (κ1) is 14.2. The van der Waals surface area contributed by atoms with Crippen LogP contribution in [0.5, 0.6) is 0 Å². The summed E-state index contributed by atoms with van der Waals surface area (Å²) in [6.45, 7) is 5.98. The van der Waals surface area contributed by atoms with Crippen molar-refractivity contribution in [3.8, 4) is 0 Å². The first-order valence-electron chi connectivity index (χ1n) is 7.18. The smallest absolute Gasteiger partial charge is 0.229 e. The molecule has 2 saturated heterocycles. The van der Waals surface area contributed by atoms with E-state index in [2.05, 4.69) is 23.4 Å². The molecule has 18 heavy (non-hydrogen) atoms. The van der Waals surface area contributed by atoms with E-state index in [1.165, 1.54) is 12.8 Å². The van der Waals surface area contributed by atoms with Crippen LogP contribution in [0.4, 0.5) is 0 Å². The average molecular weight is 270 g/mol. The van der Waals surface area contributed by atoms with Gasteiger partial charge in [-0.15, -0.1) is 0 Å². The van der Waals surface area contributed by atoms with Crippen molar-refractivity contribution in [2.45, 2.75) is 44.3 Å². The Bertz CT molecular complexity index is 290. The van der Waals surface area contributed by atoms with Crippen molar-refractivity contribution in [2.75, 3.05) is 32.4 Å². The van der Waals surface area contributed by atoms with Crippen molar-refractivity contribution in [3.63, 3.8) is 0 Å². The van der Waals surface area contributed by atoms with E-state index in [0.717, 1.165) is 50.7 Å². The summed E-state index contributed by atoms with van der Waals surface area (Å²) in [5.74, 6) is 0.386. The molecule has 104 valence electrons. The molecule has 0 bridgehead atoms. The van der Waals surface area contributed by atoms with Crippen LogP contribution in [-0.4, -0.2) is 48.5 Å². The van der Waals surface area contributed by atoms with Crippen LogP contribution >= 0.6 is 11.8 Å². The standard InChI is InChI=1S/C14H26N2OS/c1-14(7-4-8-15-11-14)13(17)16-9-3-5-12(18-2)6-10-16/h12,15H,3-11H2,1-2H3. The van der Waals surface area contributed by atoms with E-state index in [-0.39, 0.29) is 5.41 Å². The minimum Gasteiger partial charge on any atom is -0.342 e. The molecule has 4 heteroatoms. The fourth-order valence-electron chi connectivity index (χ4n) is 3.13. The summed E-state index contributed by atoms with van der Waals surface area (Å²) >= 11 is 1.96. The topological polar surface area (TPSA) is 32.3 Å². The highest BCUT2D eigenvalue weighted by molar-refractivity contribution is 7.99. The Morgan fingerprint density at radius 3 is 2.83 bits per heavy atom. The number of hydrogen-bond acceptors (Lipinski definition) is 3. The van der Waals surface area contributed by atoms with E-state index in [9.17, 15) is 4.79 Å². The normalized spacial score (nSPS) is 34.1.